The number of aryl methyl sites for hydroxylation is 1. The van der Waals surface area contributed by atoms with E-state index in [0.717, 1.165) is 15.8 Å². The SMILES string of the molecule is Cc1ccc(Br)cc1Oc1ccncc1CO. The molecule has 0 aliphatic rings. The molecule has 0 amide bonds. The van der Waals surface area contributed by atoms with E-state index in [4.69, 9.17) is 4.74 Å². The van der Waals surface area contributed by atoms with Crippen LogP contribution in [0.15, 0.2) is 41.1 Å². The monoisotopic (exact) mass is 293 g/mol. The van der Waals surface area contributed by atoms with Crippen LogP contribution >= 0.6 is 15.9 Å². The summed E-state index contributed by atoms with van der Waals surface area (Å²) >= 11 is 3.40. The molecule has 2 rings (SSSR count). The molecular formula is C13H12BrNO2. The molecular weight excluding hydrogens is 282 g/mol. The van der Waals surface area contributed by atoms with Crippen LogP contribution in [0, 0.1) is 6.92 Å². The van der Waals surface area contributed by atoms with E-state index in [1.54, 1.807) is 18.5 Å². The van der Waals surface area contributed by atoms with Gasteiger partial charge in [0.15, 0.2) is 0 Å². The Hall–Kier alpha value is -1.39. The number of hydrogen-bond donors (Lipinski definition) is 1. The van der Waals surface area contributed by atoms with Crippen LogP contribution in [0.5, 0.6) is 11.5 Å². The van der Waals surface area contributed by atoms with Crippen molar-refractivity contribution in [2.75, 3.05) is 0 Å². The maximum Gasteiger partial charge on any atom is 0.136 e. The highest BCUT2D eigenvalue weighted by atomic mass is 79.9. The molecule has 1 heterocycles. The minimum absolute atomic E-state index is 0.0871. The lowest BCUT2D eigenvalue weighted by molar-refractivity contribution is 0.276. The zero-order chi connectivity index (χ0) is 12.3. The van der Waals surface area contributed by atoms with Gasteiger partial charge in [0, 0.05) is 22.4 Å². The van der Waals surface area contributed by atoms with E-state index in [9.17, 15) is 5.11 Å². The lowest BCUT2D eigenvalue weighted by Gasteiger charge is -2.11. The van der Waals surface area contributed by atoms with Gasteiger partial charge in [-0.05, 0) is 30.7 Å². The maximum atomic E-state index is 9.19. The Morgan fingerprint density at radius 3 is 2.88 bits per heavy atom. The van der Waals surface area contributed by atoms with Gasteiger partial charge < -0.3 is 9.84 Å². The van der Waals surface area contributed by atoms with E-state index in [1.165, 1.54) is 0 Å². The van der Waals surface area contributed by atoms with E-state index in [-0.39, 0.29) is 6.61 Å². The zero-order valence-corrected chi connectivity index (χ0v) is 10.9. The van der Waals surface area contributed by atoms with Crippen molar-refractivity contribution in [3.05, 3.63) is 52.3 Å². The van der Waals surface area contributed by atoms with Crippen LogP contribution in [0.25, 0.3) is 0 Å². The Kier molecular flexibility index (Phi) is 3.76. The predicted molar refractivity (Wildman–Crippen MR) is 69.1 cm³/mol. The number of nitrogens with zero attached hydrogens (tertiary/aromatic N) is 1. The minimum atomic E-state index is -0.0871. The summed E-state index contributed by atoms with van der Waals surface area (Å²) in [6.07, 6.45) is 3.24. The predicted octanol–water partition coefficient (Wildman–Crippen LogP) is 3.44. The largest absolute Gasteiger partial charge is 0.457 e. The third-order valence-corrected chi connectivity index (χ3v) is 2.89. The van der Waals surface area contributed by atoms with E-state index in [1.807, 2.05) is 25.1 Å². The summed E-state index contributed by atoms with van der Waals surface area (Å²) in [6, 6.07) is 7.57. The van der Waals surface area contributed by atoms with Crippen molar-refractivity contribution in [3.63, 3.8) is 0 Å². The Balaban J connectivity index is 2.34. The first-order valence-electron chi connectivity index (χ1n) is 5.18. The van der Waals surface area contributed by atoms with Crippen LogP contribution in [-0.2, 0) is 6.61 Å². The number of halogens is 1. The Morgan fingerprint density at radius 2 is 2.12 bits per heavy atom. The van der Waals surface area contributed by atoms with Crippen LogP contribution < -0.4 is 4.74 Å². The molecule has 0 aliphatic heterocycles. The van der Waals surface area contributed by atoms with Gasteiger partial charge in [-0.2, -0.15) is 0 Å². The van der Waals surface area contributed by atoms with Crippen molar-refractivity contribution in [3.8, 4) is 11.5 Å². The van der Waals surface area contributed by atoms with Crippen LogP contribution in [0.1, 0.15) is 11.1 Å². The summed E-state index contributed by atoms with van der Waals surface area (Å²) in [4.78, 5) is 3.95. The van der Waals surface area contributed by atoms with Gasteiger partial charge in [-0.3, -0.25) is 4.98 Å². The third kappa shape index (κ3) is 2.84. The Bertz CT molecular complexity index is 529. The van der Waals surface area contributed by atoms with Crippen LogP contribution in [-0.4, -0.2) is 10.1 Å². The van der Waals surface area contributed by atoms with Crippen molar-refractivity contribution in [2.24, 2.45) is 0 Å². The number of hydrogen-bond acceptors (Lipinski definition) is 3. The molecule has 88 valence electrons. The van der Waals surface area contributed by atoms with Gasteiger partial charge in [0.2, 0.25) is 0 Å². The summed E-state index contributed by atoms with van der Waals surface area (Å²) in [5.74, 6) is 1.39. The van der Waals surface area contributed by atoms with Gasteiger partial charge in [-0.25, -0.2) is 0 Å². The first-order chi connectivity index (χ1) is 8.20. The summed E-state index contributed by atoms with van der Waals surface area (Å²) in [5.41, 5.74) is 1.71. The summed E-state index contributed by atoms with van der Waals surface area (Å²) in [5, 5.41) is 9.19. The van der Waals surface area contributed by atoms with Crippen molar-refractivity contribution in [1.29, 1.82) is 0 Å². The quantitative estimate of drug-likeness (QED) is 0.943. The standard InChI is InChI=1S/C13H12BrNO2/c1-9-2-3-11(14)6-13(9)17-12-4-5-15-7-10(12)8-16/h2-7,16H,8H2,1H3. The molecule has 17 heavy (non-hydrogen) atoms. The van der Waals surface area contributed by atoms with Gasteiger partial charge in [-0.1, -0.05) is 22.0 Å². The molecule has 0 bridgehead atoms. The molecule has 3 nitrogen and oxygen atoms in total. The number of aromatic nitrogens is 1. The first kappa shape index (κ1) is 12.1. The maximum absolute atomic E-state index is 9.19. The fraction of sp³-hybridized carbons (Fsp3) is 0.154. The average Bonchev–Trinajstić information content (AvgIpc) is 2.34. The van der Waals surface area contributed by atoms with Crippen molar-refractivity contribution < 1.29 is 9.84 Å². The van der Waals surface area contributed by atoms with Crippen molar-refractivity contribution >= 4 is 15.9 Å². The van der Waals surface area contributed by atoms with E-state index >= 15 is 0 Å². The lowest BCUT2D eigenvalue weighted by Crippen LogP contribution is -1.94. The average molecular weight is 294 g/mol. The smallest absolute Gasteiger partial charge is 0.136 e. The molecule has 0 saturated heterocycles. The number of rotatable bonds is 3. The Labute approximate surface area is 108 Å². The van der Waals surface area contributed by atoms with E-state index in [2.05, 4.69) is 20.9 Å². The second kappa shape index (κ2) is 5.29. The second-order valence-electron chi connectivity index (χ2n) is 3.65. The zero-order valence-electron chi connectivity index (χ0n) is 9.35. The van der Waals surface area contributed by atoms with Gasteiger partial charge in [0.05, 0.1) is 6.61 Å². The molecule has 0 aliphatic carbocycles. The highest BCUT2D eigenvalue weighted by Crippen LogP contribution is 2.29. The van der Waals surface area contributed by atoms with E-state index < -0.39 is 0 Å². The van der Waals surface area contributed by atoms with Crippen LogP contribution in [0.2, 0.25) is 0 Å². The molecule has 2 aromatic rings. The van der Waals surface area contributed by atoms with Gasteiger partial charge in [-0.15, -0.1) is 0 Å². The summed E-state index contributed by atoms with van der Waals surface area (Å²) < 4.78 is 6.74. The number of aliphatic hydroxyl groups is 1. The molecule has 4 heteroatoms. The fourth-order valence-electron chi connectivity index (χ4n) is 1.44. The molecule has 0 atom stereocenters. The number of pyridine rings is 1. The molecule has 0 unspecified atom stereocenters. The minimum Gasteiger partial charge on any atom is -0.457 e. The highest BCUT2D eigenvalue weighted by Gasteiger charge is 2.06. The van der Waals surface area contributed by atoms with Crippen LogP contribution in [0.3, 0.4) is 0 Å². The fourth-order valence-corrected chi connectivity index (χ4v) is 1.78. The van der Waals surface area contributed by atoms with E-state index in [0.29, 0.717) is 11.3 Å². The molecule has 1 aromatic heterocycles. The van der Waals surface area contributed by atoms with Crippen molar-refractivity contribution in [2.45, 2.75) is 13.5 Å². The molecule has 1 aromatic carbocycles. The van der Waals surface area contributed by atoms with Gasteiger partial charge in [0.25, 0.3) is 0 Å². The van der Waals surface area contributed by atoms with Crippen LogP contribution in [0.4, 0.5) is 0 Å². The molecule has 0 saturated carbocycles. The molecule has 0 fully saturated rings. The van der Waals surface area contributed by atoms with Gasteiger partial charge in [0.1, 0.15) is 11.5 Å². The molecule has 1 N–H and O–H groups in total. The second-order valence-corrected chi connectivity index (χ2v) is 4.57. The lowest BCUT2D eigenvalue weighted by atomic mass is 10.2. The number of benzene rings is 1. The topological polar surface area (TPSA) is 42.4 Å². The highest BCUT2D eigenvalue weighted by molar-refractivity contribution is 9.10. The normalized spacial score (nSPS) is 10.3. The molecule has 0 spiro atoms. The van der Waals surface area contributed by atoms with Gasteiger partial charge >= 0.3 is 0 Å². The third-order valence-electron chi connectivity index (χ3n) is 2.40. The summed E-state index contributed by atoms with van der Waals surface area (Å²) in [6.45, 7) is 1.89. The number of aliphatic hydroxyl groups excluding tert-OH is 1. The Morgan fingerprint density at radius 1 is 1.29 bits per heavy atom. The molecule has 0 radical (unpaired) electrons. The first-order valence-corrected chi connectivity index (χ1v) is 5.98. The number of ether oxygens (including phenoxy) is 1. The van der Waals surface area contributed by atoms with Crippen molar-refractivity contribution in [1.82, 2.24) is 4.98 Å². The summed E-state index contributed by atoms with van der Waals surface area (Å²) in [7, 11) is 0.